The number of rotatable bonds is 6. The molecule has 6 heteroatoms. The minimum absolute atomic E-state index is 0.0237. The van der Waals surface area contributed by atoms with Gasteiger partial charge in [0.05, 0.1) is 11.0 Å². The molecule has 0 saturated heterocycles. The van der Waals surface area contributed by atoms with E-state index in [0.29, 0.717) is 12.1 Å². The number of hydrogen-bond acceptors (Lipinski definition) is 4. The van der Waals surface area contributed by atoms with Crippen LogP contribution >= 0.6 is 0 Å². The van der Waals surface area contributed by atoms with Gasteiger partial charge in [0.1, 0.15) is 0 Å². The van der Waals surface area contributed by atoms with Crippen LogP contribution in [0.15, 0.2) is 48.5 Å². The molecule has 2 aromatic carbocycles. The van der Waals surface area contributed by atoms with Gasteiger partial charge in [-0.1, -0.05) is 36.4 Å². The summed E-state index contributed by atoms with van der Waals surface area (Å²) < 4.78 is 0. The Bertz CT molecular complexity index is 730. The highest BCUT2D eigenvalue weighted by Crippen LogP contribution is 2.20. The number of carbonyl (C=O) groups excluding carboxylic acids is 1. The second kappa shape index (κ2) is 7.70. The van der Waals surface area contributed by atoms with Gasteiger partial charge in [0.15, 0.2) is 0 Å². The van der Waals surface area contributed by atoms with Crippen molar-refractivity contribution in [3.63, 3.8) is 0 Å². The monoisotopic (exact) mass is 327 g/mol. The first-order valence-corrected chi connectivity index (χ1v) is 7.64. The Morgan fingerprint density at radius 1 is 1.21 bits per heavy atom. The van der Waals surface area contributed by atoms with Crippen molar-refractivity contribution < 1.29 is 9.72 Å². The Labute approximate surface area is 141 Å². The van der Waals surface area contributed by atoms with Crippen LogP contribution in [0, 0.1) is 17.0 Å². The summed E-state index contributed by atoms with van der Waals surface area (Å²) in [6.45, 7) is 2.06. The van der Waals surface area contributed by atoms with Gasteiger partial charge in [-0.3, -0.25) is 14.9 Å². The van der Waals surface area contributed by atoms with E-state index in [2.05, 4.69) is 5.32 Å². The first kappa shape index (κ1) is 17.6. The highest BCUT2D eigenvalue weighted by Gasteiger charge is 2.18. The van der Waals surface area contributed by atoms with Crippen LogP contribution in [0.5, 0.6) is 0 Å². The van der Waals surface area contributed by atoms with E-state index in [1.54, 1.807) is 19.1 Å². The molecule has 0 unspecified atom stereocenters. The van der Waals surface area contributed by atoms with Gasteiger partial charge < -0.3 is 10.2 Å². The molecule has 0 heterocycles. The number of amides is 1. The summed E-state index contributed by atoms with van der Waals surface area (Å²) in [6, 6.07) is 14.4. The molecule has 0 aromatic heterocycles. The van der Waals surface area contributed by atoms with Gasteiger partial charge in [0.25, 0.3) is 11.6 Å². The van der Waals surface area contributed by atoms with Crippen molar-refractivity contribution in [1.82, 2.24) is 10.2 Å². The summed E-state index contributed by atoms with van der Waals surface area (Å²) in [6.07, 6.45) is 0. The first-order chi connectivity index (χ1) is 11.4. The van der Waals surface area contributed by atoms with E-state index in [-0.39, 0.29) is 23.2 Å². The van der Waals surface area contributed by atoms with E-state index in [1.165, 1.54) is 6.07 Å². The maximum atomic E-state index is 12.3. The molecule has 0 radical (unpaired) electrons. The van der Waals surface area contributed by atoms with E-state index in [1.807, 2.05) is 49.3 Å². The molecule has 24 heavy (non-hydrogen) atoms. The third-order valence-electron chi connectivity index (χ3n) is 3.93. The quantitative estimate of drug-likeness (QED) is 0.654. The molecule has 0 bridgehead atoms. The molecule has 0 aliphatic heterocycles. The third kappa shape index (κ3) is 4.17. The zero-order chi connectivity index (χ0) is 17.7. The largest absolute Gasteiger partial charge is 0.350 e. The summed E-state index contributed by atoms with van der Waals surface area (Å²) in [4.78, 5) is 24.9. The summed E-state index contributed by atoms with van der Waals surface area (Å²) >= 11 is 0. The van der Waals surface area contributed by atoms with E-state index < -0.39 is 4.92 Å². The fourth-order valence-electron chi connectivity index (χ4n) is 2.51. The standard InChI is InChI=1S/C18H21N3O3/c1-13-9-10-15(11-16(13)21(23)24)18(22)19-12-17(20(2)3)14-7-5-4-6-8-14/h4-11,17H,12H2,1-3H3,(H,19,22)/t17-/m1/s1. The zero-order valence-corrected chi connectivity index (χ0v) is 14.0. The number of nitro benzene ring substituents is 1. The number of benzene rings is 2. The first-order valence-electron chi connectivity index (χ1n) is 7.64. The zero-order valence-electron chi connectivity index (χ0n) is 14.0. The van der Waals surface area contributed by atoms with Crippen LogP contribution in [0.3, 0.4) is 0 Å². The summed E-state index contributed by atoms with van der Waals surface area (Å²) in [5, 5.41) is 13.9. The van der Waals surface area contributed by atoms with Gasteiger partial charge in [0.2, 0.25) is 0 Å². The lowest BCUT2D eigenvalue weighted by molar-refractivity contribution is -0.385. The van der Waals surface area contributed by atoms with E-state index in [0.717, 1.165) is 5.56 Å². The van der Waals surface area contributed by atoms with Gasteiger partial charge >= 0.3 is 0 Å². The Morgan fingerprint density at radius 3 is 2.46 bits per heavy atom. The summed E-state index contributed by atoms with van der Waals surface area (Å²) in [7, 11) is 3.89. The Hall–Kier alpha value is -2.73. The second-order valence-corrected chi connectivity index (χ2v) is 5.86. The molecule has 0 saturated carbocycles. The van der Waals surface area contributed by atoms with Crippen LogP contribution in [0.1, 0.15) is 27.5 Å². The van der Waals surface area contributed by atoms with E-state index in [4.69, 9.17) is 0 Å². The van der Waals surface area contributed by atoms with Crippen molar-refractivity contribution in [1.29, 1.82) is 0 Å². The van der Waals surface area contributed by atoms with Gasteiger partial charge in [0, 0.05) is 23.7 Å². The smallest absolute Gasteiger partial charge is 0.273 e. The molecule has 1 atom stereocenters. The van der Waals surface area contributed by atoms with Crippen molar-refractivity contribution in [2.24, 2.45) is 0 Å². The second-order valence-electron chi connectivity index (χ2n) is 5.86. The van der Waals surface area contributed by atoms with Crippen molar-refractivity contribution >= 4 is 11.6 Å². The minimum atomic E-state index is -0.474. The predicted molar refractivity (Wildman–Crippen MR) is 93.0 cm³/mol. The van der Waals surface area contributed by atoms with Crippen molar-refractivity contribution in [2.45, 2.75) is 13.0 Å². The highest BCUT2D eigenvalue weighted by molar-refractivity contribution is 5.95. The molecule has 0 fully saturated rings. The summed E-state index contributed by atoms with van der Waals surface area (Å²) in [5.74, 6) is -0.319. The number of nitrogens with zero attached hydrogens (tertiary/aromatic N) is 2. The molecule has 0 spiro atoms. The number of nitrogens with one attached hydrogen (secondary N) is 1. The fourth-order valence-corrected chi connectivity index (χ4v) is 2.51. The van der Waals surface area contributed by atoms with Gasteiger partial charge in [-0.15, -0.1) is 0 Å². The Morgan fingerprint density at radius 2 is 1.88 bits per heavy atom. The highest BCUT2D eigenvalue weighted by atomic mass is 16.6. The number of aryl methyl sites for hydroxylation is 1. The predicted octanol–water partition coefficient (Wildman–Crippen LogP) is 2.94. The topological polar surface area (TPSA) is 75.5 Å². The normalized spacial score (nSPS) is 12.0. The Kier molecular flexibility index (Phi) is 5.65. The van der Waals surface area contributed by atoms with Gasteiger partial charge in [-0.25, -0.2) is 0 Å². The number of hydrogen-bond donors (Lipinski definition) is 1. The van der Waals surface area contributed by atoms with Crippen molar-refractivity contribution in [3.8, 4) is 0 Å². The van der Waals surface area contributed by atoms with Crippen LogP contribution in [0.4, 0.5) is 5.69 Å². The minimum Gasteiger partial charge on any atom is -0.350 e. The maximum absolute atomic E-state index is 12.3. The molecular formula is C18H21N3O3. The van der Waals surface area contributed by atoms with Crippen LogP contribution < -0.4 is 5.32 Å². The molecule has 2 aromatic rings. The van der Waals surface area contributed by atoms with Gasteiger partial charge in [-0.2, -0.15) is 0 Å². The molecule has 0 aliphatic carbocycles. The Balaban J connectivity index is 2.12. The molecule has 0 aliphatic rings. The fraction of sp³-hybridized carbons (Fsp3) is 0.278. The van der Waals surface area contributed by atoms with E-state index in [9.17, 15) is 14.9 Å². The lowest BCUT2D eigenvalue weighted by Gasteiger charge is -2.25. The maximum Gasteiger partial charge on any atom is 0.273 e. The molecule has 6 nitrogen and oxygen atoms in total. The van der Waals surface area contributed by atoms with Crippen LogP contribution in [-0.2, 0) is 0 Å². The third-order valence-corrected chi connectivity index (χ3v) is 3.93. The average Bonchev–Trinajstić information content (AvgIpc) is 2.55. The van der Waals surface area contributed by atoms with Crippen LogP contribution in [0.25, 0.3) is 0 Å². The number of nitro groups is 1. The van der Waals surface area contributed by atoms with Crippen molar-refractivity contribution in [2.75, 3.05) is 20.6 Å². The average molecular weight is 327 g/mol. The SMILES string of the molecule is Cc1ccc(C(=O)NC[C@H](c2ccccc2)N(C)C)cc1[N+](=O)[O-]. The van der Waals surface area contributed by atoms with Crippen molar-refractivity contribution in [3.05, 3.63) is 75.3 Å². The molecule has 2 rings (SSSR count). The molecule has 1 amide bonds. The number of likely N-dealkylation sites (N-methyl/N-ethyl adjacent to an activating group) is 1. The van der Waals surface area contributed by atoms with Crippen LogP contribution in [0.2, 0.25) is 0 Å². The van der Waals surface area contributed by atoms with Gasteiger partial charge in [-0.05, 0) is 32.6 Å². The lowest BCUT2D eigenvalue weighted by atomic mass is 10.1. The number of carbonyl (C=O) groups is 1. The van der Waals surface area contributed by atoms with E-state index >= 15 is 0 Å². The molecule has 1 N–H and O–H groups in total. The molecule has 126 valence electrons. The lowest BCUT2D eigenvalue weighted by Crippen LogP contribution is -2.34. The molecular weight excluding hydrogens is 306 g/mol. The van der Waals surface area contributed by atoms with Crippen LogP contribution in [-0.4, -0.2) is 36.4 Å². The summed E-state index contributed by atoms with van der Waals surface area (Å²) in [5.41, 5.74) is 1.87.